The van der Waals surface area contributed by atoms with Crippen LogP contribution in [-0.4, -0.2) is 12.1 Å². The van der Waals surface area contributed by atoms with Crippen molar-refractivity contribution in [2.75, 3.05) is 0 Å². The molecule has 18 heavy (non-hydrogen) atoms. The average molecular weight is 250 g/mol. The number of hydrogen-bond donors (Lipinski definition) is 0. The SMILES string of the molecule is CCC1CCCCC1OC(=O)c1cccc(F)c1. The largest absolute Gasteiger partial charge is 0.458 e. The van der Waals surface area contributed by atoms with Crippen LogP contribution in [0.5, 0.6) is 0 Å². The molecule has 3 heteroatoms. The number of hydrogen-bond acceptors (Lipinski definition) is 2. The minimum Gasteiger partial charge on any atom is -0.458 e. The Morgan fingerprint density at radius 1 is 1.39 bits per heavy atom. The molecule has 2 unspecified atom stereocenters. The van der Waals surface area contributed by atoms with Crippen molar-refractivity contribution in [1.29, 1.82) is 0 Å². The topological polar surface area (TPSA) is 26.3 Å². The van der Waals surface area contributed by atoms with Crippen LogP contribution in [-0.2, 0) is 4.74 Å². The van der Waals surface area contributed by atoms with Crippen molar-refractivity contribution in [3.05, 3.63) is 35.6 Å². The third kappa shape index (κ3) is 3.09. The van der Waals surface area contributed by atoms with E-state index in [9.17, 15) is 9.18 Å². The summed E-state index contributed by atoms with van der Waals surface area (Å²) in [6.45, 7) is 2.12. The minimum absolute atomic E-state index is 0.000447. The Bertz CT molecular complexity index is 417. The first kappa shape index (κ1) is 13.1. The molecule has 1 fully saturated rings. The lowest BCUT2D eigenvalue weighted by Crippen LogP contribution is -2.29. The number of esters is 1. The van der Waals surface area contributed by atoms with Crippen LogP contribution in [0.4, 0.5) is 4.39 Å². The van der Waals surface area contributed by atoms with Crippen LogP contribution in [0.1, 0.15) is 49.4 Å². The lowest BCUT2D eigenvalue weighted by molar-refractivity contribution is 0.000666. The molecule has 1 aromatic rings. The van der Waals surface area contributed by atoms with Gasteiger partial charge in [0.25, 0.3) is 0 Å². The van der Waals surface area contributed by atoms with Gasteiger partial charge in [0.05, 0.1) is 5.56 Å². The van der Waals surface area contributed by atoms with Gasteiger partial charge < -0.3 is 4.74 Å². The Morgan fingerprint density at radius 3 is 2.89 bits per heavy atom. The molecular weight excluding hydrogens is 231 g/mol. The molecule has 0 radical (unpaired) electrons. The van der Waals surface area contributed by atoms with Crippen LogP contribution in [0, 0.1) is 11.7 Å². The van der Waals surface area contributed by atoms with E-state index in [-0.39, 0.29) is 6.10 Å². The maximum Gasteiger partial charge on any atom is 0.338 e. The molecule has 1 aliphatic rings. The molecule has 1 aliphatic carbocycles. The summed E-state index contributed by atoms with van der Waals surface area (Å²) in [6.07, 6.45) is 5.40. The van der Waals surface area contributed by atoms with Crippen LogP contribution < -0.4 is 0 Å². The second kappa shape index (κ2) is 5.98. The van der Waals surface area contributed by atoms with E-state index >= 15 is 0 Å². The zero-order valence-electron chi connectivity index (χ0n) is 10.7. The second-order valence-electron chi connectivity index (χ2n) is 4.91. The van der Waals surface area contributed by atoms with Crippen molar-refractivity contribution in [2.45, 2.75) is 45.1 Å². The maximum atomic E-state index is 13.0. The molecule has 2 rings (SSSR count). The number of benzene rings is 1. The zero-order valence-corrected chi connectivity index (χ0v) is 10.7. The van der Waals surface area contributed by atoms with Crippen molar-refractivity contribution < 1.29 is 13.9 Å². The van der Waals surface area contributed by atoms with Gasteiger partial charge >= 0.3 is 5.97 Å². The van der Waals surface area contributed by atoms with E-state index in [4.69, 9.17) is 4.74 Å². The van der Waals surface area contributed by atoms with Gasteiger partial charge in [0.1, 0.15) is 11.9 Å². The standard InChI is InChI=1S/C15H19FO2/c1-2-11-6-3-4-9-14(11)18-15(17)12-7-5-8-13(16)10-12/h5,7-8,10-11,14H,2-4,6,9H2,1H3. The number of halogens is 1. The van der Waals surface area contributed by atoms with Crippen molar-refractivity contribution in [1.82, 2.24) is 0 Å². The molecule has 0 N–H and O–H groups in total. The Balaban J connectivity index is 2.02. The van der Waals surface area contributed by atoms with Gasteiger partial charge in [-0.05, 0) is 49.8 Å². The highest BCUT2D eigenvalue weighted by Gasteiger charge is 2.27. The van der Waals surface area contributed by atoms with E-state index in [2.05, 4.69) is 6.92 Å². The lowest BCUT2D eigenvalue weighted by atomic mass is 9.85. The third-order valence-electron chi connectivity index (χ3n) is 3.68. The zero-order chi connectivity index (χ0) is 13.0. The summed E-state index contributed by atoms with van der Waals surface area (Å²) in [5, 5.41) is 0. The van der Waals surface area contributed by atoms with Gasteiger partial charge in [0.2, 0.25) is 0 Å². The van der Waals surface area contributed by atoms with Crippen LogP contribution in [0.15, 0.2) is 24.3 Å². The molecule has 0 spiro atoms. The summed E-state index contributed by atoms with van der Waals surface area (Å²) in [5.74, 6) is -0.351. The summed E-state index contributed by atoms with van der Waals surface area (Å²) in [5.41, 5.74) is 0.301. The van der Waals surface area contributed by atoms with Crippen LogP contribution in [0.2, 0.25) is 0 Å². The molecule has 0 bridgehead atoms. The van der Waals surface area contributed by atoms with Crippen LogP contribution >= 0.6 is 0 Å². The Labute approximate surface area is 107 Å². The molecule has 0 amide bonds. The quantitative estimate of drug-likeness (QED) is 0.759. The van der Waals surface area contributed by atoms with Gasteiger partial charge in [0.15, 0.2) is 0 Å². The lowest BCUT2D eigenvalue weighted by Gasteiger charge is -2.30. The van der Waals surface area contributed by atoms with E-state index in [1.807, 2.05) is 0 Å². The predicted octanol–water partition coefficient (Wildman–Crippen LogP) is 3.95. The molecule has 2 atom stereocenters. The molecule has 0 aromatic heterocycles. The van der Waals surface area contributed by atoms with Crippen molar-refractivity contribution in [3.63, 3.8) is 0 Å². The van der Waals surface area contributed by atoms with Crippen molar-refractivity contribution in [2.24, 2.45) is 5.92 Å². The van der Waals surface area contributed by atoms with Gasteiger partial charge in [-0.15, -0.1) is 0 Å². The molecule has 0 saturated heterocycles. The fourth-order valence-electron chi connectivity index (χ4n) is 2.62. The third-order valence-corrected chi connectivity index (χ3v) is 3.68. The van der Waals surface area contributed by atoms with E-state index in [0.717, 1.165) is 25.7 Å². The van der Waals surface area contributed by atoms with Crippen LogP contribution in [0.3, 0.4) is 0 Å². The highest BCUT2D eigenvalue weighted by Crippen LogP contribution is 2.29. The van der Waals surface area contributed by atoms with E-state index in [1.54, 1.807) is 6.07 Å². The van der Waals surface area contributed by atoms with Crippen molar-refractivity contribution >= 4 is 5.97 Å². The van der Waals surface area contributed by atoms with Gasteiger partial charge in [-0.2, -0.15) is 0 Å². The van der Waals surface area contributed by atoms with E-state index < -0.39 is 11.8 Å². The van der Waals surface area contributed by atoms with Gasteiger partial charge in [-0.25, -0.2) is 9.18 Å². The van der Waals surface area contributed by atoms with E-state index in [0.29, 0.717) is 11.5 Å². The fraction of sp³-hybridized carbons (Fsp3) is 0.533. The van der Waals surface area contributed by atoms with Crippen LogP contribution in [0.25, 0.3) is 0 Å². The maximum absolute atomic E-state index is 13.0. The van der Waals surface area contributed by atoms with Crippen molar-refractivity contribution in [3.8, 4) is 0 Å². The summed E-state index contributed by atoms with van der Waals surface area (Å²) >= 11 is 0. The van der Waals surface area contributed by atoms with E-state index in [1.165, 1.54) is 24.6 Å². The molecule has 98 valence electrons. The monoisotopic (exact) mass is 250 g/mol. The summed E-state index contributed by atoms with van der Waals surface area (Å²) in [6, 6.07) is 5.68. The highest BCUT2D eigenvalue weighted by atomic mass is 19.1. The summed E-state index contributed by atoms with van der Waals surface area (Å²) in [7, 11) is 0. The number of ether oxygens (including phenoxy) is 1. The van der Waals surface area contributed by atoms with Gasteiger partial charge in [0, 0.05) is 0 Å². The highest BCUT2D eigenvalue weighted by molar-refractivity contribution is 5.89. The number of carbonyl (C=O) groups is 1. The second-order valence-corrected chi connectivity index (χ2v) is 4.91. The fourth-order valence-corrected chi connectivity index (χ4v) is 2.62. The number of carbonyl (C=O) groups excluding carboxylic acids is 1. The Kier molecular flexibility index (Phi) is 4.34. The first-order chi connectivity index (χ1) is 8.70. The average Bonchev–Trinajstić information content (AvgIpc) is 2.39. The molecule has 0 aliphatic heterocycles. The number of rotatable bonds is 3. The molecule has 1 aromatic carbocycles. The Hall–Kier alpha value is -1.38. The predicted molar refractivity (Wildman–Crippen MR) is 67.9 cm³/mol. The summed E-state index contributed by atoms with van der Waals surface area (Å²) in [4.78, 5) is 11.9. The minimum atomic E-state index is -0.403. The smallest absolute Gasteiger partial charge is 0.338 e. The van der Waals surface area contributed by atoms with Gasteiger partial charge in [-0.1, -0.05) is 19.4 Å². The first-order valence-corrected chi connectivity index (χ1v) is 6.67. The molecule has 1 saturated carbocycles. The van der Waals surface area contributed by atoms with Gasteiger partial charge in [-0.3, -0.25) is 0 Å². The first-order valence-electron chi connectivity index (χ1n) is 6.67. The molecular formula is C15H19FO2. The summed E-state index contributed by atoms with van der Waals surface area (Å²) < 4.78 is 18.6. The normalized spacial score (nSPS) is 23.7. The molecule has 2 nitrogen and oxygen atoms in total. The Morgan fingerprint density at radius 2 is 2.17 bits per heavy atom. The molecule has 0 heterocycles.